The molecule has 4 N–H and O–H groups in total. The van der Waals surface area contributed by atoms with E-state index in [2.05, 4.69) is 18.0 Å². The Morgan fingerprint density at radius 1 is 1.12 bits per heavy atom. The molecule has 88 valence electrons. The number of nitrogens with zero attached hydrogens (tertiary/aromatic N) is 1. The second-order valence-electron chi connectivity index (χ2n) is 4.92. The molecule has 0 radical (unpaired) electrons. The quantitative estimate of drug-likeness (QED) is 0.710. The van der Waals surface area contributed by atoms with Gasteiger partial charge in [-0.3, -0.25) is 0 Å². The summed E-state index contributed by atoms with van der Waals surface area (Å²) in [5.74, 6) is 0.607. The van der Waals surface area contributed by atoms with Crippen LogP contribution in [0.3, 0.4) is 0 Å². The first-order valence-electron chi connectivity index (χ1n) is 5.92. The molecule has 0 amide bonds. The van der Waals surface area contributed by atoms with Gasteiger partial charge in [0, 0.05) is 11.4 Å². The van der Waals surface area contributed by atoms with E-state index < -0.39 is 0 Å². The zero-order valence-corrected chi connectivity index (χ0v) is 10.2. The Labute approximate surface area is 97.4 Å². The van der Waals surface area contributed by atoms with E-state index in [-0.39, 0.29) is 0 Å². The van der Waals surface area contributed by atoms with Gasteiger partial charge < -0.3 is 16.4 Å². The average molecular weight is 219 g/mol. The van der Waals surface area contributed by atoms with E-state index in [0.717, 1.165) is 30.0 Å². The third kappa shape index (κ3) is 2.14. The van der Waals surface area contributed by atoms with E-state index in [1.54, 1.807) is 0 Å². The molecule has 1 aliphatic rings. The van der Waals surface area contributed by atoms with Crippen molar-refractivity contribution in [1.29, 1.82) is 0 Å². The minimum atomic E-state index is 0.607. The minimum absolute atomic E-state index is 0.607. The molecule has 16 heavy (non-hydrogen) atoms. The van der Waals surface area contributed by atoms with Gasteiger partial charge >= 0.3 is 0 Å². The topological polar surface area (TPSA) is 55.3 Å². The van der Waals surface area contributed by atoms with Crippen molar-refractivity contribution in [1.82, 2.24) is 4.90 Å². The van der Waals surface area contributed by atoms with Gasteiger partial charge in [0.1, 0.15) is 0 Å². The predicted molar refractivity (Wildman–Crippen MR) is 69.5 cm³/mol. The highest BCUT2D eigenvalue weighted by Gasteiger charge is 2.20. The predicted octanol–water partition coefficient (Wildman–Crippen LogP) is 1.97. The van der Waals surface area contributed by atoms with Crippen LogP contribution in [0.15, 0.2) is 12.1 Å². The summed E-state index contributed by atoms with van der Waals surface area (Å²) in [4.78, 5) is 2.37. The lowest BCUT2D eigenvalue weighted by molar-refractivity contribution is 0.255. The number of hydrogen-bond donors (Lipinski definition) is 2. The molecule has 0 aromatic heterocycles. The molecular formula is C13H21N3. The molecule has 1 fully saturated rings. The molecule has 0 aliphatic carbocycles. The summed E-state index contributed by atoms with van der Waals surface area (Å²) in [5.41, 5.74) is 16.0. The Kier molecular flexibility index (Phi) is 3.06. The van der Waals surface area contributed by atoms with Crippen LogP contribution in [0.1, 0.15) is 29.9 Å². The van der Waals surface area contributed by atoms with Crippen LogP contribution in [0.4, 0.5) is 11.4 Å². The molecule has 3 nitrogen and oxygen atoms in total. The van der Waals surface area contributed by atoms with Crippen molar-refractivity contribution in [3.63, 3.8) is 0 Å². The zero-order valence-electron chi connectivity index (χ0n) is 10.2. The van der Waals surface area contributed by atoms with Crippen molar-refractivity contribution < 1.29 is 0 Å². The fraction of sp³-hybridized carbons (Fsp3) is 0.538. The first-order valence-corrected chi connectivity index (χ1v) is 5.92. The fourth-order valence-corrected chi connectivity index (χ4v) is 2.44. The van der Waals surface area contributed by atoms with Crippen molar-refractivity contribution in [2.75, 3.05) is 31.6 Å². The van der Waals surface area contributed by atoms with E-state index in [1.165, 1.54) is 18.4 Å². The number of nitrogen functional groups attached to an aromatic ring is 2. The maximum atomic E-state index is 6.06. The van der Waals surface area contributed by atoms with Gasteiger partial charge in [-0.2, -0.15) is 0 Å². The van der Waals surface area contributed by atoms with Crippen LogP contribution >= 0.6 is 0 Å². The van der Waals surface area contributed by atoms with Gasteiger partial charge in [-0.15, -0.1) is 0 Å². The second kappa shape index (κ2) is 4.34. The SMILES string of the molecule is Cc1cc(C2CCN(C)CC2)c(N)cc1N. The summed E-state index contributed by atoms with van der Waals surface area (Å²) in [6, 6.07) is 4.07. The summed E-state index contributed by atoms with van der Waals surface area (Å²) in [5, 5.41) is 0. The van der Waals surface area contributed by atoms with Gasteiger partial charge in [-0.05, 0) is 63.0 Å². The first kappa shape index (κ1) is 11.3. The third-order valence-corrected chi connectivity index (χ3v) is 3.63. The zero-order chi connectivity index (χ0) is 11.7. The van der Waals surface area contributed by atoms with Crippen LogP contribution in [-0.2, 0) is 0 Å². The van der Waals surface area contributed by atoms with Crippen molar-refractivity contribution in [2.24, 2.45) is 0 Å². The van der Waals surface area contributed by atoms with E-state index in [4.69, 9.17) is 11.5 Å². The molecule has 0 saturated carbocycles. The maximum absolute atomic E-state index is 6.06. The highest BCUT2D eigenvalue weighted by molar-refractivity contribution is 5.61. The summed E-state index contributed by atoms with van der Waals surface area (Å²) in [6.45, 7) is 4.37. The van der Waals surface area contributed by atoms with Gasteiger partial charge in [0.15, 0.2) is 0 Å². The molecule has 1 heterocycles. The Hall–Kier alpha value is -1.22. The van der Waals surface area contributed by atoms with Gasteiger partial charge in [0.05, 0.1) is 0 Å². The van der Waals surface area contributed by atoms with Crippen molar-refractivity contribution in [3.8, 4) is 0 Å². The van der Waals surface area contributed by atoms with Gasteiger partial charge in [-0.1, -0.05) is 6.07 Å². The number of anilines is 2. The molecule has 1 saturated heterocycles. The van der Waals surface area contributed by atoms with Crippen LogP contribution in [-0.4, -0.2) is 25.0 Å². The smallest absolute Gasteiger partial charge is 0.0370 e. The van der Waals surface area contributed by atoms with Crippen LogP contribution in [0.2, 0.25) is 0 Å². The van der Waals surface area contributed by atoms with Gasteiger partial charge in [0.25, 0.3) is 0 Å². The van der Waals surface area contributed by atoms with E-state index in [9.17, 15) is 0 Å². The molecule has 2 rings (SSSR count). The lowest BCUT2D eigenvalue weighted by atomic mass is 9.87. The highest BCUT2D eigenvalue weighted by Crippen LogP contribution is 2.33. The minimum Gasteiger partial charge on any atom is -0.398 e. The van der Waals surface area contributed by atoms with Gasteiger partial charge in [0.2, 0.25) is 0 Å². The summed E-state index contributed by atoms with van der Waals surface area (Å²) in [7, 11) is 2.17. The normalized spacial score (nSPS) is 18.9. The van der Waals surface area contributed by atoms with E-state index >= 15 is 0 Å². The van der Waals surface area contributed by atoms with Gasteiger partial charge in [-0.25, -0.2) is 0 Å². The number of aryl methyl sites for hydroxylation is 1. The van der Waals surface area contributed by atoms with Crippen LogP contribution in [0.25, 0.3) is 0 Å². The monoisotopic (exact) mass is 219 g/mol. The van der Waals surface area contributed by atoms with E-state index in [0.29, 0.717) is 5.92 Å². The molecule has 1 aliphatic heterocycles. The Bertz CT molecular complexity index is 379. The molecular weight excluding hydrogens is 198 g/mol. The molecule has 0 bridgehead atoms. The molecule has 0 spiro atoms. The largest absolute Gasteiger partial charge is 0.398 e. The lowest BCUT2D eigenvalue weighted by Gasteiger charge is -2.30. The Morgan fingerprint density at radius 2 is 1.75 bits per heavy atom. The highest BCUT2D eigenvalue weighted by atomic mass is 15.1. The summed E-state index contributed by atoms with van der Waals surface area (Å²) in [6.07, 6.45) is 2.40. The number of hydrogen-bond acceptors (Lipinski definition) is 3. The molecule has 0 atom stereocenters. The van der Waals surface area contributed by atoms with Crippen molar-refractivity contribution >= 4 is 11.4 Å². The first-order chi connectivity index (χ1) is 7.58. The summed E-state index contributed by atoms with van der Waals surface area (Å²) < 4.78 is 0. The van der Waals surface area contributed by atoms with Crippen LogP contribution < -0.4 is 11.5 Å². The number of rotatable bonds is 1. The van der Waals surface area contributed by atoms with Crippen LogP contribution in [0.5, 0.6) is 0 Å². The molecule has 1 aromatic carbocycles. The van der Waals surface area contributed by atoms with Crippen LogP contribution in [0, 0.1) is 6.92 Å². The number of nitrogens with two attached hydrogens (primary N) is 2. The number of likely N-dealkylation sites (tertiary alicyclic amines) is 1. The molecule has 3 heteroatoms. The number of benzene rings is 1. The molecule has 0 unspecified atom stereocenters. The standard InChI is InChI=1S/C13H21N3/c1-9-7-11(13(15)8-12(9)14)10-3-5-16(2)6-4-10/h7-8,10H,3-6,14-15H2,1-2H3. The summed E-state index contributed by atoms with van der Waals surface area (Å²) >= 11 is 0. The van der Waals surface area contributed by atoms with Crippen molar-refractivity contribution in [3.05, 3.63) is 23.3 Å². The average Bonchev–Trinajstić information content (AvgIpc) is 2.25. The maximum Gasteiger partial charge on any atom is 0.0370 e. The third-order valence-electron chi connectivity index (χ3n) is 3.63. The number of piperidine rings is 1. The Morgan fingerprint density at radius 3 is 2.38 bits per heavy atom. The van der Waals surface area contributed by atoms with Crippen molar-refractivity contribution in [2.45, 2.75) is 25.7 Å². The fourth-order valence-electron chi connectivity index (χ4n) is 2.44. The lowest BCUT2D eigenvalue weighted by Crippen LogP contribution is -2.29. The molecule has 1 aromatic rings. The Balaban J connectivity index is 2.23. The second-order valence-corrected chi connectivity index (χ2v) is 4.92. The van der Waals surface area contributed by atoms with E-state index in [1.807, 2.05) is 13.0 Å².